The van der Waals surface area contributed by atoms with Crippen molar-refractivity contribution in [1.82, 2.24) is 5.32 Å². The van der Waals surface area contributed by atoms with E-state index in [-0.39, 0.29) is 12.0 Å². The van der Waals surface area contributed by atoms with Crippen molar-refractivity contribution in [3.63, 3.8) is 0 Å². The number of carbonyl (C=O) groups excluding carboxylic acids is 1. The Morgan fingerprint density at radius 1 is 1.53 bits per heavy atom. The molecule has 1 aromatic rings. The molecular weight excluding hydrogens is 214 g/mol. The van der Waals surface area contributed by atoms with Gasteiger partial charge in [-0.15, -0.1) is 0 Å². The Morgan fingerprint density at radius 3 is 3.07 bits per heavy atom. The second kappa shape index (κ2) is 4.21. The average molecular weight is 226 g/mol. The second-order valence-electron chi connectivity index (χ2n) is 3.57. The average Bonchev–Trinajstić information content (AvgIpc) is 2.27. The van der Waals surface area contributed by atoms with Crippen molar-refractivity contribution in [3.8, 4) is 0 Å². The van der Waals surface area contributed by atoms with E-state index in [4.69, 9.17) is 16.3 Å². The maximum Gasteiger partial charge on any atom is 0.323 e. The third-order valence-electron chi connectivity index (χ3n) is 2.62. The lowest BCUT2D eigenvalue weighted by Crippen LogP contribution is -2.42. The van der Waals surface area contributed by atoms with Crippen LogP contribution in [0.5, 0.6) is 0 Å². The summed E-state index contributed by atoms with van der Waals surface area (Å²) in [4.78, 5) is 11.3. The third kappa shape index (κ3) is 2.13. The highest BCUT2D eigenvalue weighted by Crippen LogP contribution is 2.21. The molecule has 15 heavy (non-hydrogen) atoms. The molecule has 1 atom stereocenters. The normalized spacial score (nSPS) is 19.5. The first-order chi connectivity index (χ1) is 7.20. The van der Waals surface area contributed by atoms with Gasteiger partial charge in [0.1, 0.15) is 6.04 Å². The molecule has 1 unspecified atom stereocenters. The van der Waals surface area contributed by atoms with Gasteiger partial charge in [-0.25, -0.2) is 0 Å². The Kier molecular flexibility index (Phi) is 2.93. The number of hydrogen-bond donors (Lipinski definition) is 1. The quantitative estimate of drug-likeness (QED) is 0.737. The Balaban J connectivity index is 2.20. The van der Waals surface area contributed by atoms with Gasteiger partial charge in [0.05, 0.1) is 7.11 Å². The van der Waals surface area contributed by atoms with Gasteiger partial charge in [0.2, 0.25) is 0 Å². The van der Waals surface area contributed by atoms with E-state index < -0.39 is 0 Å². The van der Waals surface area contributed by atoms with E-state index in [0.717, 1.165) is 16.1 Å². The van der Waals surface area contributed by atoms with Crippen LogP contribution in [-0.2, 0) is 22.5 Å². The summed E-state index contributed by atoms with van der Waals surface area (Å²) in [5, 5.41) is 3.85. The summed E-state index contributed by atoms with van der Waals surface area (Å²) in [7, 11) is 1.40. The summed E-state index contributed by atoms with van der Waals surface area (Å²) in [5.41, 5.74) is 2.32. The number of benzene rings is 1. The van der Waals surface area contributed by atoms with Gasteiger partial charge in [-0.2, -0.15) is 0 Å². The number of rotatable bonds is 1. The summed E-state index contributed by atoms with van der Waals surface area (Å²) in [6, 6.07) is 5.51. The van der Waals surface area contributed by atoms with Crippen molar-refractivity contribution in [2.45, 2.75) is 19.0 Å². The van der Waals surface area contributed by atoms with E-state index in [1.165, 1.54) is 7.11 Å². The Hall–Kier alpha value is -1.06. The molecule has 0 saturated heterocycles. The number of carbonyl (C=O) groups is 1. The number of esters is 1. The minimum Gasteiger partial charge on any atom is -0.468 e. The van der Waals surface area contributed by atoms with E-state index in [9.17, 15) is 4.79 Å². The predicted octanol–water partition coefficient (Wildman–Crippen LogP) is 1.53. The van der Waals surface area contributed by atoms with Gasteiger partial charge in [0.25, 0.3) is 0 Å². The van der Waals surface area contributed by atoms with Crippen LogP contribution in [0.3, 0.4) is 0 Å². The van der Waals surface area contributed by atoms with Crippen molar-refractivity contribution in [1.29, 1.82) is 0 Å². The Bertz CT molecular complexity index is 392. The minimum atomic E-state index is -0.233. The zero-order valence-electron chi connectivity index (χ0n) is 8.42. The SMILES string of the molecule is COC(=O)C1Cc2ccc(Cl)cc2CN1. The van der Waals surface area contributed by atoms with Crippen molar-refractivity contribution in [2.24, 2.45) is 0 Å². The molecule has 3 nitrogen and oxygen atoms in total. The third-order valence-corrected chi connectivity index (χ3v) is 2.85. The molecule has 0 amide bonds. The summed E-state index contributed by atoms with van der Waals surface area (Å²) in [5.74, 6) is -0.212. The zero-order chi connectivity index (χ0) is 10.8. The van der Waals surface area contributed by atoms with Gasteiger partial charge in [0.15, 0.2) is 0 Å². The fraction of sp³-hybridized carbons (Fsp3) is 0.364. The molecule has 1 heterocycles. The number of halogens is 1. The molecule has 0 aliphatic carbocycles. The summed E-state index contributed by atoms with van der Waals surface area (Å²) < 4.78 is 4.70. The predicted molar refractivity (Wildman–Crippen MR) is 57.8 cm³/mol. The molecule has 80 valence electrons. The molecule has 0 aromatic heterocycles. The Morgan fingerprint density at radius 2 is 2.33 bits per heavy atom. The smallest absolute Gasteiger partial charge is 0.323 e. The summed E-state index contributed by atoms with van der Waals surface area (Å²) >= 11 is 5.88. The molecule has 1 aliphatic rings. The number of ether oxygens (including phenoxy) is 1. The first-order valence-corrected chi connectivity index (χ1v) is 5.17. The second-order valence-corrected chi connectivity index (χ2v) is 4.01. The van der Waals surface area contributed by atoms with Crippen LogP contribution < -0.4 is 5.32 Å². The van der Waals surface area contributed by atoms with Crippen molar-refractivity contribution in [3.05, 3.63) is 34.3 Å². The zero-order valence-corrected chi connectivity index (χ0v) is 9.17. The molecule has 1 N–H and O–H groups in total. The summed E-state index contributed by atoms with van der Waals surface area (Å²) in [6.45, 7) is 0.662. The van der Waals surface area contributed by atoms with Crippen LogP contribution in [0, 0.1) is 0 Å². The molecule has 1 aliphatic heterocycles. The first-order valence-electron chi connectivity index (χ1n) is 4.79. The molecule has 0 saturated carbocycles. The van der Waals surface area contributed by atoms with Crippen LogP contribution in [0.15, 0.2) is 18.2 Å². The van der Waals surface area contributed by atoms with E-state index in [0.29, 0.717) is 13.0 Å². The highest BCUT2D eigenvalue weighted by Gasteiger charge is 2.24. The fourth-order valence-electron chi connectivity index (χ4n) is 1.79. The molecule has 0 spiro atoms. The molecule has 0 bridgehead atoms. The van der Waals surface area contributed by atoms with Crippen LogP contribution in [0.2, 0.25) is 5.02 Å². The molecule has 0 radical (unpaired) electrons. The van der Waals surface area contributed by atoms with Gasteiger partial charge in [-0.3, -0.25) is 4.79 Å². The number of nitrogens with one attached hydrogen (secondary N) is 1. The molecule has 4 heteroatoms. The lowest BCUT2D eigenvalue weighted by Gasteiger charge is -2.24. The summed E-state index contributed by atoms with van der Waals surface area (Å²) in [6.07, 6.45) is 0.666. The molecule has 2 rings (SSSR count). The number of fused-ring (bicyclic) bond motifs is 1. The maximum absolute atomic E-state index is 11.3. The highest BCUT2D eigenvalue weighted by molar-refractivity contribution is 6.30. The first kappa shape index (κ1) is 10.5. The van der Waals surface area contributed by atoms with E-state index in [2.05, 4.69) is 5.32 Å². The number of methoxy groups -OCH3 is 1. The van der Waals surface area contributed by atoms with E-state index >= 15 is 0 Å². The maximum atomic E-state index is 11.3. The van der Waals surface area contributed by atoms with Crippen molar-refractivity contribution >= 4 is 17.6 Å². The van der Waals surface area contributed by atoms with Gasteiger partial charge >= 0.3 is 5.97 Å². The molecule has 1 aromatic carbocycles. The fourth-order valence-corrected chi connectivity index (χ4v) is 1.99. The number of hydrogen-bond acceptors (Lipinski definition) is 3. The van der Waals surface area contributed by atoms with Crippen LogP contribution in [0.25, 0.3) is 0 Å². The topological polar surface area (TPSA) is 38.3 Å². The molecular formula is C11H12ClNO2. The van der Waals surface area contributed by atoms with E-state index in [1.54, 1.807) is 0 Å². The van der Waals surface area contributed by atoms with Crippen molar-refractivity contribution in [2.75, 3.05) is 7.11 Å². The minimum absolute atomic E-state index is 0.212. The lowest BCUT2D eigenvalue weighted by molar-refractivity contribution is -0.143. The molecule has 0 fully saturated rings. The van der Waals surface area contributed by atoms with Gasteiger partial charge in [-0.05, 0) is 29.7 Å². The monoisotopic (exact) mass is 225 g/mol. The van der Waals surface area contributed by atoms with Gasteiger partial charge in [0, 0.05) is 11.6 Å². The standard InChI is InChI=1S/C11H12ClNO2/c1-15-11(14)10-5-7-2-3-9(12)4-8(7)6-13-10/h2-4,10,13H,5-6H2,1H3. The van der Waals surface area contributed by atoms with Gasteiger partial charge < -0.3 is 10.1 Å². The van der Waals surface area contributed by atoms with Crippen molar-refractivity contribution < 1.29 is 9.53 Å². The van der Waals surface area contributed by atoms with E-state index in [1.807, 2.05) is 18.2 Å². The highest BCUT2D eigenvalue weighted by atomic mass is 35.5. The van der Waals surface area contributed by atoms with Crippen LogP contribution in [-0.4, -0.2) is 19.1 Å². The van der Waals surface area contributed by atoms with Gasteiger partial charge in [-0.1, -0.05) is 17.7 Å². The largest absolute Gasteiger partial charge is 0.468 e. The van der Waals surface area contributed by atoms with Crippen LogP contribution in [0.1, 0.15) is 11.1 Å². The van der Waals surface area contributed by atoms with Crippen LogP contribution in [0.4, 0.5) is 0 Å². The lowest BCUT2D eigenvalue weighted by atomic mass is 9.96. The van der Waals surface area contributed by atoms with Crippen LogP contribution >= 0.6 is 11.6 Å². The Labute approximate surface area is 93.4 Å².